The van der Waals surface area contributed by atoms with Crippen molar-refractivity contribution >= 4 is 46.0 Å². The van der Waals surface area contributed by atoms with Crippen molar-refractivity contribution in [1.29, 1.82) is 0 Å². The van der Waals surface area contributed by atoms with Gasteiger partial charge in [-0.15, -0.1) is 0 Å². The number of methoxy groups -OCH3 is 1. The standard InChI is InChI=1S/C15H11NO3S2/c1-18-12-4-2-11(3-5-12)16-14(17)13(21-15(16)20)8-10-6-7-19-9-10/h2-9H,1H3. The molecular formula is C15H11NO3S2. The molecule has 0 atom stereocenters. The van der Waals surface area contributed by atoms with Crippen LogP contribution < -0.4 is 9.64 Å². The minimum Gasteiger partial charge on any atom is -0.497 e. The van der Waals surface area contributed by atoms with Gasteiger partial charge in [0.25, 0.3) is 5.91 Å². The lowest BCUT2D eigenvalue weighted by atomic mass is 10.2. The molecule has 0 spiro atoms. The van der Waals surface area contributed by atoms with E-state index in [9.17, 15) is 4.79 Å². The first-order valence-electron chi connectivity index (χ1n) is 6.13. The van der Waals surface area contributed by atoms with Crippen LogP contribution in [0.3, 0.4) is 0 Å². The first-order chi connectivity index (χ1) is 10.2. The van der Waals surface area contributed by atoms with Crippen LogP contribution in [0.2, 0.25) is 0 Å². The average Bonchev–Trinajstić information content (AvgIpc) is 3.09. The van der Waals surface area contributed by atoms with Gasteiger partial charge in [-0.1, -0.05) is 24.0 Å². The summed E-state index contributed by atoms with van der Waals surface area (Å²) >= 11 is 6.59. The Bertz CT molecular complexity index is 705. The van der Waals surface area contributed by atoms with Crippen LogP contribution in [0.15, 0.2) is 52.2 Å². The topological polar surface area (TPSA) is 42.7 Å². The third-order valence-electron chi connectivity index (χ3n) is 2.97. The summed E-state index contributed by atoms with van der Waals surface area (Å²) in [5.41, 5.74) is 1.57. The summed E-state index contributed by atoms with van der Waals surface area (Å²) in [5, 5.41) is 0. The van der Waals surface area contributed by atoms with Crippen molar-refractivity contribution in [2.75, 3.05) is 12.0 Å². The number of benzene rings is 1. The molecule has 3 rings (SSSR count). The lowest BCUT2D eigenvalue weighted by Crippen LogP contribution is -2.27. The summed E-state index contributed by atoms with van der Waals surface area (Å²) in [6.07, 6.45) is 4.92. The first kappa shape index (κ1) is 13.9. The van der Waals surface area contributed by atoms with E-state index in [0.29, 0.717) is 9.23 Å². The molecule has 0 bridgehead atoms. The molecule has 4 nitrogen and oxygen atoms in total. The maximum atomic E-state index is 12.5. The van der Waals surface area contributed by atoms with Gasteiger partial charge in [0, 0.05) is 5.56 Å². The molecule has 1 saturated heterocycles. The predicted molar refractivity (Wildman–Crippen MR) is 87.4 cm³/mol. The highest BCUT2D eigenvalue weighted by Gasteiger charge is 2.33. The average molecular weight is 317 g/mol. The molecule has 2 aromatic rings. The van der Waals surface area contributed by atoms with E-state index >= 15 is 0 Å². The fraction of sp³-hybridized carbons (Fsp3) is 0.0667. The second-order valence-corrected chi connectivity index (χ2v) is 5.95. The number of carbonyl (C=O) groups is 1. The zero-order valence-electron chi connectivity index (χ0n) is 11.1. The number of thioether (sulfide) groups is 1. The molecule has 6 heteroatoms. The van der Waals surface area contributed by atoms with Gasteiger partial charge in [0.15, 0.2) is 4.32 Å². The normalized spacial score (nSPS) is 16.8. The molecule has 0 unspecified atom stereocenters. The van der Waals surface area contributed by atoms with Crippen molar-refractivity contribution in [2.45, 2.75) is 0 Å². The van der Waals surface area contributed by atoms with Crippen LogP contribution in [-0.2, 0) is 4.79 Å². The Morgan fingerprint density at radius 1 is 1.29 bits per heavy atom. The number of ether oxygens (including phenoxy) is 1. The van der Waals surface area contributed by atoms with E-state index in [1.165, 1.54) is 16.7 Å². The number of anilines is 1. The zero-order valence-corrected chi connectivity index (χ0v) is 12.7. The summed E-state index contributed by atoms with van der Waals surface area (Å²) in [6.45, 7) is 0. The van der Waals surface area contributed by atoms with Crippen LogP contribution in [0.1, 0.15) is 5.56 Å². The monoisotopic (exact) mass is 317 g/mol. The molecule has 106 valence electrons. The molecule has 2 heterocycles. The zero-order chi connectivity index (χ0) is 14.8. The van der Waals surface area contributed by atoms with Crippen LogP contribution in [0, 0.1) is 0 Å². The number of hydrogen-bond donors (Lipinski definition) is 0. The molecule has 1 aromatic heterocycles. The van der Waals surface area contributed by atoms with Gasteiger partial charge in [0.2, 0.25) is 0 Å². The first-order valence-corrected chi connectivity index (χ1v) is 7.36. The molecule has 0 radical (unpaired) electrons. The van der Waals surface area contributed by atoms with E-state index in [1.54, 1.807) is 43.9 Å². The third kappa shape index (κ3) is 2.72. The third-order valence-corrected chi connectivity index (χ3v) is 4.27. The maximum absolute atomic E-state index is 12.5. The maximum Gasteiger partial charge on any atom is 0.270 e. The van der Waals surface area contributed by atoms with Crippen LogP contribution in [0.5, 0.6) is 5.75 Å². The fourth-order valence-electron chi connectivity index (χ4n) is 1.93. The molecule has 1 aliphatic rings. The smallest absolute Gasteiger partial charge is 0.270 e. The van der Waals surface area contributed by atoms with E-state index in [1.807, 2.05) is 12.1 Å². The lowest BCUT2D eigenvalue weighted by Gasteiger charge is -2.14. The predicted octanol–water partition coefficient (Wildman–Crippen LogP) is 3.69. The van der Waals surface area contributed by atoms with Gasteiger partial charge < -0.3 is 9.15 Å². The lowest BCUT2D eigenvalue weighted by molar-refractivity contribution is -0.113. The molecule has 0 N–H and O–H groups in total. The number of furan rings is 1. The van der Waals surface area contributed by atoms with Gasteiger partial charge in [0.05, 0.1) is 30.2 Å². The van der Waals surface area contributed by atoms with E-state index in [4.69, 9.17) is 21.4 Å². The summed E-state index contributed by atoms with van der Waals surface area (Å²) in [5.74, 6) is 0.606. The molecule has 1 aromatic carbocycles. The fourth-order valence-corrected chi connectivity index (χ4v) is 3.23. The quantitative estimate of drug-likeness (QED) is 0.638. The van der Waals surface area contributed by atoms with Gasteiger partial charge in [0.1, 0.15) is 5.75 Å². The second kappa shape index (κ2) is 5.75. The van der Waals surface area contributed by atoms with Crippen LogP contribution >= 0.6 is 24.0 Å². The van der Waals surface area contributed by atoms with E-state index in [2.05, 4.69) is 0 Å². The summed E-state index contributed by atoms with van der Waals surface area (Å²) in [6, 6.07) is 9.01. The molecule has 0 saturated carbocycles. The van der Waals surface area contributed by atoms with E-state index in [-0.39, 0.29) is 5.91 Å². The number of hydrogen-bond acceptors (Lipinski definition) is 5. The Balaban J connectivity index is 1.90. The molecule has 0 aliphatic carbocycles. The number of rotatable bonds is 3. The molecule has 1 amide bonds. The summed E-state index contributed by atoms with van der Waals surface area (Å²) in [4.78, 5) is 14.6. The Morgan fingerprint density at radius 2 is 2.05 bits per heavy atom. The van der Waals surface area contributed by atoms with Crippen molar-refractivity contribution in [3.8, 4) is 5.75 Å². The second-order valence-electron chi connectivity index (χ2n) is 4.27. The van der Waals surface area contributed by atoms with Crippen LogP contribution in [-0.4, -0.2) is 17.3 Å². The number of carbonyl (C=O) groups excluding carboxylic acids is 1. The number of nitrogens with zero attached hydrogens (tertiary/aromatic N) is 1. The molecule has 21 heavy (non-hydrogen) atoms. The number of amides is 1. The van der Waals surface area contributed by atoms with E-state index < -0.39 is 0 Å². The van der Waals surface area contributed by atoms with Crippen molar-refractivity contribution in [3.63, 3.8) is 0 Å². The van der Waals surface area contributed by atoms with Crippen LogP contribution in [0.25, 0.3) is 6.08 Å². The molecular weight excluding hydrogens is 306 g/mol. The SMILES string of the molecule is COc1ccc(N2C(=O)C(=Cc3ccoc3)SC2=S)cc1. The largest absolute Gasteiger partial charge is 0.497 e. The highest BCUT2D eigenvalue weighted by molar-refractivity contribution is 8.27. The van der Waals surface area contributed by atoms with Gasteiger partial charge in [-0.3, -0.25) is 9.69 Å². The molecule has 1 aliphatic heterocycles. The Morgan fingerprint density at radius 3 is 2.67 bits per heavy atom. The van der Waals surface area contributed by atoms with Crippen molar-refractivity contribution in [1.82, 2.24) is 0 Å². The minimum atomic E-state index is -0.128. The van der Waals surface area contributed by atoms with Crippen molar-refractivity contribution in [2.24, 2.45) is 0 Å². The van der Waals surface area contributed by atoms with Gasteiger partial charge in [-0.2, -0.15) is 0 Å². The Kier molecular flexibility index (Phi) is 3.81. The van der Waals surface area contributed by atoms with E-state index in [0.717, 1.165) is 17.0 Å². The van der Waals surface area contributed by atoms with Gasteiger partial charge in [-0.25, -0.2) is 0 Å². The summed E-state index contributed by atoms with van der Waals surface area (Å²) < 4.78 is 10.6. The van der Waals surface area contributed by atoms with Crippen molar-refractivity contribution < 1.29 is 13.9 Å². The highest BCUT2D eigenvalue weighted by atomic mass is 32.2. The van der Waals surface area contributed by atoms with Crippen LogP contribution in [0.4, 0.5) is 5.69 Å². The van der Waals surface area contributed by atoms with Gasteiger partial charge in [-0.05, 0) is 36.4 Å². The highest BCUT2D eigenvalue weighted by Crippen LogP contribution is 2.36. The van der Waals surface area contributed by atoms with Crippen molar-refractivity contribution in [3.05, 3.63) is 53.3 Å². The number of thiocarbonyl (C=S) groups is 1. The Labute approximate surface area is 131 Å². The Hall–Kier alpha value is -2.05. The summed E-state index contributed by atoms with van der Waals surface area (Å²) in [7, 11) is 1.60. The van der Waals surface area contributed by atoms with Gasteiger partial charge >= 0.3 is 0 Å². The minimum absolute atomic E-state index is 0.128. The molecule has 1 fully saturated rings.